The molecule has 0 spiro atoms. The molecule has 1 amide bonds. The quantitative estimate of drug-likeness (QED) is 0.210. The molecule has 10 heteroatoms. The molecule has 0 aliphatic carbocycles. The van der Waals surface area contributed by atoms with Crippen LogP contribution in [0.5, 0.6) is 0 Å². The summed E-state index contributed by atoms with van der Waals surface area (Å²) in [5.74, 6) is 0.524. The van der Waals surface area contributed by atoms with Gasteiger partial charge in [0.15, 0.2) is 0 Å². The minimum Gasteiger partial charge on any atom is -0.450 e. The first-order valence-electron chi connectivity index (χ1n) is 13.8. The lowest BCUT2D eigenvalue weighted by Crippen LogP contribution is -2.45. The normalized spacial score (nSPS) is 13.9. The minimum atomic E-state index is -0.336. The molecular weight excluding hydrogens is 528 g/mol. The number of hydrogen-bond donors (Lipinski definition) is 4. The number of nitrogens with one attached hydrogen (secondary N) is 4. The van der Waals surface area contributed by atoms with Gasteiger partial charge in [0.05, 0.1) is 23.3 Å². The third-order valence-electron chi connectivity index (χ3n) is 7.20. The van der Waals surface area contributed by atoms with Gasteiger partial charge in [0.1, 0.15) is 11.4 Å². The average Bonchev–Trinajstić information content (AvgIpc) is 3.37. The molecule has 4 N–H and O–H groups in total. The van der Waals surface area contributed by atoms with Crippen LogP contribution in [0.2, 0.25) is 5.02 Å². The monoisotopic (exact) mass is 562 g/mol. The van der Waals surface area contributed by atoms with Crippen molar-refractivity contribution in [3.8, 4) is 11.4 Å². The number of rotatable bonds is 9. The molecule has 9 nitrogen and oxygen atoms in total. The number of benzene rings is 2. The number of anilines is 2. The first-order valence-corrected chi connectivity index (χ1v) is 14.2. The molecule has 1 saturated heterocycles. The number of H-pyrrole nitrogens is 2. The second-order valence-electron chi connectivity index (χ2n) is 10.2. The van der Waals surface area contributed by atoms with E-state index in [1.54, 1.807) is 6.20 Å². The number of aryl methyl sites for hydroxylation is 1. The molecule has 5 rings (SSSR count). The van der Waals surface area contributed by atoms with Crippen LogP contribution in [0.4, 0.5) is 16.2 Å². The van der Waals surface area contributed by atoms with Gasteiger partial charge >= 0.3 is 6.09 Å². The molecule has 0 saturated carbocycles. The van der Waals surface area contributed by atoms with Crippen LogP contribution in [-0.2, 0) is 11.2 Å². The van der Waals surface area contributed by atoms with Gasteiger partial charge in [-0.25, -0.2) is 9.78 Å². The maximum Gasteiger partial charge on any atom is 0.407 e. The number of hydrogen-bond acceptors (Lipinski definition) is 6. The summed E-state index contributed by atoms with van der Waals surface area (Å²) in [6.45, 7) is 6.74. The number of piperidine rings is 1. The summed E-state index contributed by atoms with van der Waals surface area (Å²) in [4.78, 5) is 38.2. The van der Waals surface area contributed by atoms with E-state index in [0.29, 0.717) is 29.6 Å². The Balaban J connectivity index is 1.31. The van der Waals surface area contributed by atoms with E-state index in [-0.39, 0.29) is 17.7 Å². The van der Waals surface area contributed by atoms with Crippen molar-refractivity contribution in [2.24, 2.45) is 0 Å². The zero-order chi connectivity index (χ0) is 28.1. The van der Waals surface area contributed by atoms with Crippen molar-refractivity contribution in [3.05, 3.63) is 75.2 Å². The molecule has 0 bridgehead atoms. The van der Waals surface area contributed by atoms with Gasteiger partial charge in [-0.15, -0.1) is 0 Å². The van der Waals surface area contributed by atoms with E-state index in [0.717, 1.165) is 72.3 Å². The number of pyridine rings is 1. The zero-order valence-corrected chi connectivity index (χ0v) is 23.6. The molecule has 1 fully saturated rings. The van der Waals surface area contributed by atoms with Crippen molar-refractivity contribution in [1.82, 2.24) is 20.3 Å². The van der Waals surface area contributed by atoms with Crippen LogP contribution in [0, 0.1) is 6.92 Å². The van der Waals surface area contributed by atoms with Gasteiger partial charge in [-0.3, -0.25) is 4.79 Å². The highest BCUT2D eigenvalue weighted by molar-refractivity contribution is 6.30. The number of ether oxygens (including phenoxy) is 1. The summed E-state index contributed by atoms with van der Waals surface area (Å²) in [6, 6.07) is 14.0. The molecule has 3 heterocycles. The number of fused-ring (bicyclic) bond motifs is 1. The first-order chi connectivity index (χ1) is 19.4. The molecule has 0 radical (unpaired) electrons. The molecule has 4 aromatic rings. The predicted molar refractivity (Wildman–Crippen MR) is 161 cm³/mol. The lowest BCUT2D eigenvalue weighted by molar-refractivity contribution is 0.140. The highest BCUT2D eigenvalue weighted by atomic mass is 35.5. The van der Waals surface area contributed by atoms with Crippen LogP contribution in [-0.4, -0.2) is 53.3 Å². The van der Waals surface area contributed by atoms with Crippen molar-refractivity contribution in [1.29, 1.82) is 0 Å². The Labute approximate surface area is 238 Å². The zero-order valence-electron chi connectivity index (χ0n) is 22.9. The fraction of sp³-hybridized carbons (Fsp3) is 0.367. The van der Waals surface area contributed by atoms with Gasteiger partial charge in [-0.05, 0) is 74.1 Å². The molecular formula is C30H35ClN6O3. The Morgan fingerprint density at radius 1 is 1.20 bits per heavy atom. The third-order valence-corrected chi connectivity index (χ3v) is 7.43. The van der Waals surface area contributed by atoms with Crippen LogP contribution in [0.3, 0.4) is 0 Å². The Kier molecular flexibility index (Phi) is 8.60. The SMILES string of the molecule is CCCOC(=O)NC1CCN(c2cc(C)c3nc(-c4c(NCCc5cccc(Cl)c5)cc[nH]c4=O)[nH]c3c2)CC1. The van der Waals surface area contributed by atoms with Gasteiger partial charge in [0, 0.05) is 42.6 Å². The average molecular weight is 563 g/mol. The van der Waals surface area contributed by atoms with E-state index in [4.69, 9.17) is 21.3 Å². The molecule has 0 unspecified atom stereocenters. The molecule has 0 atom stereocenters. The van der Waals surface area contributed by atoms with Crippen LogP contribution >= 0.6 is 11.6 Å². The Morgan fingerprint density at radius 2 is 2.02 bits per heavy atom. The lowest BCUT2D eigenvalue weighted by atomic mass is 10.0. The standard InChI is InChI=1S/C30H35ClN6O3/c1-3-15-40-30(39)34-22-9-13-37(14-10-22)23-16-19(2)27-25(18-23)35-28(36-27)26-24(8-12-33-29(26)38)32-11-7-20-5-4-6-21(31)17-20/h4-6,8,12,16-18,22H,3,7,9-11,13-15H2,1-2H3,(H,34,39)(H,35,36)(H2,32,33,38). The van der Waals surface area contributed by atoms with Gasteiger partial charge < -0.3 is 30.2 Å². The number of carbonyl (C=O) groups is 1. The number of nitrogens with zero attached hydrogens (tertiary/aromatic N) is 2. The van der Waals surface area contributed by atoms with Crippen molar-refractivity contribution in [2.45, 2.75) is 45.6 Å². The number of alkyl carbamates (subject to hydrolysis) is 1. The van der Waals surface area contributed by atoms with E-state index in [1.807, 2.05) is 44.2 Å². The van der Waals surface area contributed by atoms with E-state index in [1.165, 1.54) is 0 Å². The van der Waals surface area contributed by atoms with Gasteiger partial charge in [-0.1, -0.05) is 30.7 Å². The Bertz CT molecular complexity index is 1540. The van der Waals surface area contributed by atoms with Crippen molar-refractivity contribution < 1.29 is 9.53 Å². The smallest absolute Gasteiger partial charge is 0.407 e. The van der Waals surface area contributed by atoms with Gasteiger partial charge in [-0.2, -0.15) is 0 Å². The van der Waals surface area contributed by atoms with Gasteiger partial charge in [0.2, 0.25) is 0 Å². The number of aromatic nitrogens is 3. The summed E-state index contributed by atoms with van der Waals surface area (Å²) >= 11 is 6.12. The van der Waals surface area contributed by atoms with Crippen molar-refractivity contribution >= 4 is 40.1 Å². The maximum absolute atomic E-state index is 12.9. The predicted octanol–water partition coefficient (Wildman–Crippen LogP) is 5.64. The summed E-state index contributed by atoms with van der Waals surface area (Å²) in [6.07, 6.45) is 4.57. The van der Waals surface area contributed by atoms with E-state index in [2.05, 4.69) is 37.6 Å². The van der Waals surface area contributed by atoms with Crippen LogP contribution in [0.15, 0.2) is 53.5 Å². The van der Waals surface area contributed by atoms with Crippen LogP contribution in [0.25, 0.3) is 22.4 Å². The molecule has 40 heavy (non-hydrogen) atoms. The molecule has 1 aliphatic heterocycles. The van der Waals surface area contributed by atoms with E-state index in [9.17, 15) is 9.59 Å². The minimum absolute atomic E-state index is 0.110. The molecule has 2 aromatic carbocycles. The number of aromatic amines is 2. The fourth-order valence-electron chi connectivity index (χ4n) is 5.15. The number of amides is 1. The lowest BCUT2D eigenvalue weighted by Gasteiger charge is -2.34. The number of halogens is 1. The Morgan fingerprint density at radius 3 is 2.80 bits per heavy atom. The topological polar surface area (TPSA) is 115 Å². The largest absolute Gasteiger partial charge is 0.450 e. The molecule has 1 aliphatic rings. The first kappa shape index (κ1) is 27.6. The molecule has 210 valence electrons. The Hall–Kier alpha value is -3.98. The third kappa shape index (κ3) is 6.42. The number of carbonyl (C=O) groups excluding carboxylic acids is 1. The number of imidazole rings is 1. The summed E-state index contributed by atoms with van der Waals surface area (Å²) in [7, 11) is 0. The summed E-state index contributed by atoms with van der Waals surface area (Å²) < 4.78 is 5.16. The maximum atomic E-state index is 12.9. The highest BCUT2D eigenvalue weighted by Crippen LogP contribution is 2.30. The van der Waals surface area contributed by atoms with E-state index >= 15 is 0 Å². The van der Waals surface area contributed by atoms with Crippen LogP contribution in [0.1, 0.15) is 37.3 Å². The fourth-order valence-corrected chi connectivity index (χ4v) is 5.37. The summed E-state index contributed by atoms with van der Waals surface area (Å²) in [5, 5.41) is 7.09. The van der Waals surface area contributed by atoms with Crippen LogP contribution < -0.4 is 21.1 Å². The second kappa shape index (κ2) is 12.5. The summed E-state index contributed by atoms with van der Waals surface area (Å²) in [5.41, 5.74) is 5.94. The van der Waals surface area contributed by atoms with E-state index < -0.39 is 0 Å². The molecule has 2 aromatic heterocycles. The second-order valence-corrected chi connectivity index (χ2v) is 10.6. The van der Waals surface area contributed by atoms with Crippen molar-refractivity contribution in [3.63, 3.8) is 0 Å². The van der Waals surface area contributed by atoms with Crippen molar-refractivity contribution in [2.75, 3.05) is 36.5 Å². The highest BCUT2D eigenvalue weighted by Gasteiger charge is 2.23. The van der Waals surface area contributed by atoms with Gasteiger partial charge in [0.25, 0.3) is 5.56 Å².